The molecular weight excluding hydrogens is 132 g/mol. The SMILES string of the molecule is OC12CCCC1CCS2. The first-order chi connectivity index (χ1) is 4.31. The molecule has 9 heavy (non-hydrogen) atoms. The van der Waals surface area contributed by atoms with Crippen LogP contribution in [0.1, 0.15) is 25.7 Å². The summed E-state index contributed by atoms with van der Waals surface area (Å²) in [6, 6.07) is 0. The third-order valence-electron chi connectivity index (χ3n) is 2.54. The van der Waals surface area contributed by atoms with Gasteiger partial charge >= 0.3 is 0 Å². The van der Waals surface area contributed by atoms with Crippen LogP contribution in [0.4, 0.5) is 0 Å². The number of fused-ring (bicyclic) bond motifs is 1. The van der Waals surface area contributed by atoms with Crippen LogP contribution in [0.2, 0.25) is 0 Å². The number of aliphatic hydroxyl groups is 1. The smallest absolute Gasteiger partial charge is 0.113 e. The van der Waals surface area contributed by atoms with E-state index >= 15 is 0 Å². The third-order valence-corrected chi connectivity index (χ3v) is 4.02. The summed E-state index contributed by atoms with van der Waals surface area (Å²) in [5, 5.41) is 9.79. The van der Waals surface area contributed by atoms with Gasteiger partial charge in [-0.1, -0.05) is 0 Å². The van der Waals surface area contributed by atoms with Gasteiger partial charge < -0.3 is 5.11 Å². The van der Waals surface area contributed by atoms with Crippen molar-refractivity contribution in [1.29, 1.82) is 0 Å². The lowest BCUT2D eigenvalue weighted by atomic mass is 10.0. The zero-order chi connectivity index (χ0) is 6.32. The average molecular weight is 144 g/mol. The molecule has 2 atom stereocenters. The lowest BCUT2D eigenvalue weighted by Gasteiger charge is -2.19. The Kier molecular flexibility index (Phi) is 1.27. The van der Waals surface area contributed by atoms with Gasteiger partial charge in [0.2, 0.25) is 0 Å². The number of rotatable bonds is 0. The van der Waals surface area contributed by atoms with Gasteiger partial charge in [0.05, 0.1) is 0 Å². The van der Waals surface area contributed by atoms with E-state index in [0.29, 0.717) is 5.92 Å². The molecule has 2 fully saturated rings. The molecule has 0 aromatic heterocycles. The van der Waals surface area contributed by atoms with E-state index in [-0.39, 0.29) is 4.93 Å². The zero-order valence-electron chi connectivity index (χ0n) is 5.47. The van der Waals surface area contributed by atoms with Crippen LogP contribution in [0.15, 0.2) is 0 Å². The number of hydrogen-bond acceptors (Lipinski definition) is 2. The molecule has 1 saturated heterocycles. The van der Waals surface area contributed by atoms with Gasteiger partial charge in [0.25, 0.3) is 0 Å². The molecular formula is C7H12OS. The summed E-state index contributed by atoms with van der Waals surface area (Å²) in [6.45, 7) is 0. The van der Waals surface area contributed by atoms with E-state index < -0.39 is 0 Å². The first-order valence-electron chi connectivity index (χ1n) is 3.68. The van der Waals surface area contributed by atoms with Crippen molar-refractivity contribution >= 4 is 11.8 Å². The van der Waals surface area contributed by atoms with E-state index in [0.717, 1.165) is 6.42 Å². The molecule has 2 aliphatic rings. The van der Waals surface area contributed by atoms with Gasteiger partial charge in [0.15, 0.2) is 0 Å². The molecule has 1 aliphatic carbocycles. The van der Waals surface area contributed by atoms with Crippen LogP contribution in [0.5, 0.6) is 0 Å². The van der Waals surface area contributed by atoms with Gasteiger partial charge in [-0.15, -0.1) is 11.8 Å². The Morgan fingerprint density at radius 1 is 1.44 bits per heavy atom. The average Bonchev–Trinajstić information content (AvgIpc) is 2.22. The minimum absolute atomic E-state index is 0.278. The fourth-order valence-corrected chi connectivity index (χ4v) is 3.49. The highest BCUT2D eigenvalue weighted by Gasteiger charge is 2.45. The van der Waals surface area contributed by atoms with E-state index in [1.54, 1.807) is 11.8 Å². The maximum atomic E-state index is 9.79. The molecule has 2 unspecified atom stereocenters. The second kappa shape index (κ2) is 1.89. The predicted octanol–water partition coefficient (Wildman–Crippen LogP) is 1.61. The highest BCUT2D eigenvalue weighted by molar-refractivity contribution is 8.00. The summed E-state index contributed by atoms with van der Waals surface area (Å²) in [6.07, 6.45) is 4.81. The highest BCUT2D eigenvalue weighted by atomic mass is 32.2. The van der Waals surface area contributed by atoms with Gasteiger partial charge in [-0.25, -0.2) is 0 Å². The van der Waals surface area contributed by atoms with Crippen molar-refractivity contribution in [2.45, 2.75) is 30.6 Å². The minimum Gasteiger partial charge on any atom is -0.379 e. The molecule has 2 heteroatoms. The van der Waals surface area contributed by atoms with E-state index in [1.165, 1.54) is 25.0 Å². The number of hydrogen-bond donors (Lipinski definition) is 1. The molecule has 1 nitrogen and oxygen atoms in total. The van der Waals surface area contributed by atoms with E-state index in [1.807, 2.05) is 0 Å². The fourth-order valence-electron chi connectivity index (χ4n) is 1.97. The summed E-state index contributed by atoms with van der Waals surface area (Å²) < 4.78 is 0. The van der Waals surface area contributed by atoms with Gasteiger partial charge in [0, 0.05) is 0 Å². The molecule has 52 valence electrons. The predicted molar refractivity (Wildman–Crippen MR) is 39.4 cm³/mol. The van der Waals surface area contributed by atoms with Crippen molar-refractivity contribution in [2.75, 3.05) is 5.75 Å². The monoisotopic (exact) mass is 144 g/mol. The summed E-state index contributed by atoms with van der Waals surface area (Å²) in [5.41, 5.74) is 0. The van der Waals surface area contributed by atoms with Crippen molar-refractivity contribution in [3.05, 3.63) is 0 Å². The molecule has 0 amide bonds. The fraction of sp³-hybridized carbons (Fsp3) is 1.00. The first kappa shape index (κ1) is 6.05. The molecule has 1 heterocycles. The molecule has 0 aromatic rings. The Morgan fingerprint density at radius 2 is 2.33 bits per heavy atom. The van der Waals surface area contributed by atoms with Crippen LogP contribution in [0.25, 0.3) is 0 Å². The van der Waals surface area contributed by atoms with Crippen LogP contribution in [0, 0.1) is 5.92 Å². The first-order valence-corrected chi connectivity index (χ1v) is 4.66. The van der Waals surface area contributed by atoms with E-state index in [4.69, 9.17) is 0 Å². The molecule has 0 aromatic carbocycles. The third kappa shape index (κ3) is 0.802. The van der Waals surface area contributed by atoms with Crippen LogP contribution >= 0.6 is 11.8 Å². The van der Waals surface area contributed by atoms with Gasteiger partial charge in [-0.05, 0) is 37.4 Å². The zero-order valence-corrected chi connectivity index (χ0v) is 6.28. The van der Waals surface area contributed by atoms with Crippen molar-refractivity contribution in [1.82, 2.24) is 0 Å². The van der Waals surface area contributed by atoms with Crippen molar-refractivity contribution in [2.24, 2.45) is 5.92 Å². The van der Waals surface area contributed by atoms with Crippen LogP contribution in [-0.4, -0.2) is 15.8 Å². The minimum atomic E-state index is -0.278. The molecule has 1 N–H and O–H groups in total. The highest BCUT2D eigenvalue weighted by Crippen LogP contribution is 2.51. The molecule has 1 saturated carbocycles. The standard InChI is InChI=1S/C7H12OS/c8-7-4-1-2-6(7)3-5-9-7/h6,8H,1-5H2. The Labute approximate surface area is 59.8 Å². The van der Waals surface area contributed by atoms with Crippen molar-refractivity contribution in [3.63, 3.8) is 0 Å². The Hall–Kier alpha value is 0.310. The van der Waals surface area contributed by atoms with Crippen LogP contribution in [0.3, 0.4) is 0 Å². The van der Waals surface area contributed by atoms with E-state index in [9.17, 15) is 5.11 Å². The lowest BCUT2D eigenvalue weighted by Crippen LogP contribution is -2.23. The van der Waals surface area contributed by atoms with Gasteiger partial charge in [-0.2, -0.15) is 0 Å². The molecule has 0 radical (unpaired) electrons. The van der Waals surface area contributed by atoms with Crippen molar-refractivity contribution in [3.8, 4) is 0 Å². The van der Waals surface area contributed by atoms with Crippen LogP contribution in [-0.2, 0) is 0 Å². The normalized spacial score (nSPS) is 49.7. The maximum Gasteiger partial charge on any atom is 0.113 e. The molecule has 0 spiro atoms. The summed E-state index contributed by atoms with van der Waals surface area (Å²) in [7, 11) is 0. The summed E-state index contributed by atoms with van der Waals surface area (Å²) in [5.74, 6) is 1.82. The summed E-state index contributed by atoms with van der Waals surface area (Å²) >= 11 is 1.77. The topological polar surface area (TPSA) is 20.2 Å². The molecule has 0 bridgehead atoms. The van der Waals surface area contributed by atoms with Crippen molar-refractivity contribution < 1.29 is 5.11 Å². The largest absolute Gasteiger partial charge is 0.379 e. The Balaban J connectivity index is 2.17. The maximum absolute atomic E-state index is 9.79. The van der Waals surface area contributed by atoms with Crippen LogP contribution < -0.4 is 0 Å². The Morgan fingerprint density at radius 3 is 3.11 bits per heavy atom. The molecule has 2 rings (SSSR count). The quantitative estimate of drug-likeness (QED) is 0.557. The lowest BCUT2D eigenvalue weighted by molar-refractivity contribution is 0.104. The second-order valence-electron chi connectivity index (χ2n) is 3.07. The summed E-state index contributed by atoms with van der Waals surface area (Å²) in [4.78, 5) is -0.278. The second-order valence-corrected chi connectivity index (χ2v) is 4.47. The molecule has 1 aliphatic heterocycles. The van der Waals surface area contributed by atoms with E-state index in [2.05, 4.69) is 0 Å². The Bertz CT molecular complexity index is 114. The van der Waals surface area contributed by atoms with Gasteiger partial charge in [0.1, 0.15) is 4.93 Å². The van der Waals surface area contributed by atoms with Gasteiger partial charge in [-0.3, -0.25) is 0 Å². The number of thioether (sulfide) groups is 1.